The van der Waals surface area contributed by atoms with Crippen LogP contribution in [0.15, 0.2) is 28.8 Å². The highest BCUT2D eigenvalue weighted by molar-refractivity contribution is 7.99. The lowest BCUT2D eigenvalue weighted by molar-refractivity contribution is -0.131. The fourth-order valence-electron chi connectivity index (χ4n) is 3.02. The van der Waals surface area contributed by atoms with Crippen LogP contribution in [-0.2, 0) is 17.1 Å². The second kappa shape index (κ2) is 9.36. The van der Waals surface area contributed by atoms with Crippen LogP contribution in [0.1, 0.15) is 38.9 Å². The highest BCUT2D eigenvalue weighted by Crippen LogP contribution is 2.24. The van der Waals surface area contributed by atoms with Crippen molar-refractivity contribution >= 4 is 29.4 Å². The number of aromatic nitrogens is 5. The zero-order chi connectivity index (χ0) is 18.4. The molecule has 0 aromatic carbocycles. The molecular formula is C17H24N6OS2. The number of thioether (sulfide) groups is 2. The van der Waals surface area contributed by atoms with E-state index in [4.69, 9.17) is 0 Å². The van der Waals surface area contributed by atoms with Gasteiger partial charge in [-0.15, -0.1) is 10.2 Å². The Bertz CT molecular complexity index is 723. The fourth-order valence-corrected chi connectivity index (χ4v) is 4.67. The standard InChI is InChI=1S/C17H24N6OS2/c1-3-22-14(11-25-16-18-8-6-9-19-16)20-21-17(22)26-12-15(24)23-10-5-4-7-13(23)2/h6,8-9,13H,3-5,7,10-12H2,1-2H3. The molecule has 1 amide bonds. The van der Waals surface area contributed by atoms with Gasteiger partial charge in [0.25, 0.3) is 0 Å². The minimum atomic E-state index is 0.196. The summed E-state index contributed by atoms with van der Waals surface area (Å²) in [6.07, 6.45) is 6.89. The Morgan fingerprint density at radius 1 is 1.23 bits per heavy atom. The lowest BCUT2D eigenvalue weighted by atomic mass is 10.0. The van der Waals surface area contributed by atoms with Crippen molar-refractivity contribution in [1.82, 2.24) is 29.6 Å². The molecule has 0 spiro atoms. The van der Waals surface area contributed by atoms with Gasteiger partial charge in [0.15, 0.2) is 10.3 Å². The maximum absolute atomic E-state index is 12.5. The van der Waals surface area contributed by atoms with E-state index in [1.54, 1.807) is 18.5 Å². The first-order valence-corrected chi connectivity index (χ1v) is 10.9. The minimum Gasteiger partial charge on any atom is -0.339 e. The number of hydrogen-bond acceptors (Lipinski definition) is 7. The molecule has 1 unspecified atom stereocenters. The van der Waals surface area contributed by atoms with Crippen LogP contribution in [-0.4, -0.2) is 53.9 Å². The van der Waals surface area contributed by atoms with Crippen molar-refractivity contribution in [2.24, 2.45) is 0 Å². The molecule has 140 valence electrons. The van der Waals surface area contributed by atoms with E-state index in [1.165, 1.54) is 29.9 Å². The summed E-state index contributed by atoms with van der Waals surface area (Å²) in [5.74, 6) is 2.15. The largest absolute Gasteiger partial charge is 0.339 e. The number of piperidine rings is 1. The van der Waals surface area contributed by atoms with E-state index in [9.17, 15) is 4.79 Å². The van der Waals surface area contributed by atoms with Gasteiger partial charge in [0.2, 0.25) is 5.91 Å². The van der Waals surface area contributed by atoms with Gasteiger partial charge in [-0.25, -0.2) is 9.97 Å². The summed E-state index contributed by atoms with van der Waals surface area (Å²) >= 11 is 3.01. The Labute approximate surface area is 162 Å². The number of amides is 1. The van der Waals surface area contributed by atoms with E-state index in [0.717, 1.165) is 42.1 Å². The van der Waals surface area contributed by atoms with Crippen LogP contribution in [0.4, 0.5) is 0 Å². The third kappa shape index (κ3) is 4.76. The predicted octanol–water partition coefficient (Wildman–Crippen LogP) is 2.87. The molecular weight excluding hydrogens is 368 g/mol. The van der Waals surface area contributed by atoms with E-state index < -0.39 is 0 Å². The molecule has 3 heterocycles. The maximum atomic E-state index is 12.5. The molecule has 1 atom stereocenters. The zero-order valence-corrected chi connectivity index (χ0v) is 16.8. The van der Waals surface area contributed by atoms with Crippen molar-refractivity contribution in [3.8, 4) is 0 Å². The third-order valence-electron chi connectivity index (χ3n) is 4.43. The van der Waals surface area contributed by atoms with E-state index in [1.807, 2.05) is 4.90 Å². The summed E-state index contributed by atoms with van der Waals surface area (Å²) in [7, 11) is 0. The number of nitrogens with zero attached hydrogens (tertiary/aromatic N) is 6. The Balaban J connectivity index is 1.58. The van der Waals surface area contributed by atoms with Crippen molar-refractivity contribution in [3.63, 3.8) is 0 Å². The van der Waals surface area contributed by atoms with Gasteiger partial charge in [-0.1, -0.05) is 23.5 Å². The summed E-state index contributed by atoms with van der Waals surface area (Å²) in [6.45, 7) is 5.85. The van der Waals surface area contributed by atoms with Crippen LogP contribution < -0.4 is 0 Å². The van der Waals surface area contributed by atoms with E-state index in [2.05, 4.69) is 38.6 Å². The van der Waals surface area contributed by atoms with Gasteiger partial charge >= 0.3 is 0 Å². The summed E-state index contributed by atoms with van der Waals surface area (Å²) in [5.41, 5.74) is 0. The van der Waals surface area contributed by atoms with Crippen LogP contribution in [0, 0.1) is 0 Å². The Morgan fingerprint density at radius 2 is 2.04 bits per heavy atom. The number of rotatable bonds is 7. The zero-order valence-electron chi connectivity index (χ0n) is 15.2. The van der Waals surface area contributed by atoms with Crippen molar-refractivity contribution < 1.29 is 4.79 Å². The quantitative estimate of drug-likeness (QED) is 0.530. The highest BCUT2D eigenvalue weighted by atomic mass is 32.2. The van der Waals surface area contributed by atoms with Crippen LogP contribution >= 0.6 is 23.5 Å². The van der Waals surface area contributed by atoms with Gasteiger partial charge in [-0.2, -0.15) is 0 Å². The normalized spacial score (nSPS) is 17.5. The Kier molecular flexibility index (Phi) is 6.90. The summed E-state index contributed by atoms with van der Waals surface area (Å²) in [5, 5.41) is 10.1. The smallest absolute Gasteiger partial charge is 0.233 e. The first-order valence-electron chi connectivity index (χ1n) is 8.93. The van der Waals surface area contributed by atoms with E-state index in [-0.39, 0.29) is 5.91 Å². The number of carbonyl (C=O) groups is 1. The molecule has 26 heavy (non-hydrogen) atoms. The number of likely N-dealkylation sites (tertiary alicyclic amines) is 1. The Morgan fingerprint density at radius 3 is 2.77 bits per heavy atom. The fraction of sp³-hybridized carbons (Fsp3) is 0.588. The minimum absolute atomic E-state index is 0.196. The second-order valence-electron chi connectivity index (χ2n) is 6.18. The second-order valence-corrected chi connectivity index (χ2v) is 8.07. The van der Waals surface area contributed by atoms with Gasteiger partial charge in [0.05, 0.1) is 11.5 Å². The van der Waals surface area contributed by atoms with Crippen LogP contribution in [0.5, 0.6) is 0 Å². The summed E-state index contributed by atoms with van der Waals surface area (Å²) in [6, 6.07) is 2.15. The lowest BCUT2D eigenvalue weighted by Gasteiger charge is -2.33. The molecule has 0 saturated carbocycles. The van der Waals surface area contributed by atoms with Gasteiger partial charge in [0, 0.05) is 31.5 Å². The van der Waals surface area contributed by atoms with Crippen LogP contribution in [0.25, 0.3) is 0 Å². The molecule has 7 nitrogen and oxygen atoms in total. The van der Waals surface area contributed by atoms with Crippen LogP contribution in [0.3, 0.4) is 0 Å². The molecule has 2 aromatic heterocycles. The molecule has 1 saturated heterocycles. The summed E-state index contributed by atoms with van der Waals surface area (Å²) < 4.78 is 2.06. The molecule has 0 bridgehead atoms. The molecule has 2 aromatic rings. The Hall–Kier alpha value is -1.61. The van der Waals surface area contributed by atoms with Gasteiger partial charge < -0.3 is 9.47 Å². The van der Waals surface area contributed by atoms with Crippen molar-refractivity contribution in [2.75, 3.05) is 12.3 Å². The maximum Gasteiger partial charge on any atom is 0.233 e. The van der Waals surface area contributed by atoms with E-state index >= 15 is 0 Å². The van der Waals surface area contributed by atoms with Gasteiger partial charge in [-0.05, 0) is 39.2 Å². The molecule has 9 heteroatoms. The number of hydrogen-bond donors (Lipinski definition) is 0. The molecule has 1 fully saturated rings. The first kappa shape index (κ1) is 19.2. The average Bonchev–Trinajstić information content (AvgIpc) is 3.07. The van der Waals surface area contributed by atoms with Crippen LogP contribution in [0.2, 0.25) is 0 Å². The van der Waals surface area contributed by atoms with Gasteiger partial charge in [-0.3, -0.25) is 4.79 Å². The molecule has 3 rings (SSSR count). The van der Waals surface area contributed by atoms with Crippen molar-refractivity contribution in [3.05, 3.63) is 24.3 Å². The molecule has 0 N–H and O–H groups in total. The number of carbonyl (C=O) groups excluding carboxylic acids is 1. The van der Waals surface area contributed by atoms with Gasteiger partial charge in [0.1, 0.15) is 5.82 Å². The van der Waals surface area contributed by atoms with Crippen molar-refractivity contribution in [1.29, 1.82) is 0 Å². The SMILES string of the molecule is CCn1c(CSc2ncccn2)nnc1SCC(=O)N1CCCCC1C. The molecule has 0 aliphatic carbocycles. The molecule has 0 radical (unpaired) electrons. The molecule has 1 aliphatic heterocycles. The first-order chi connectivity index (χ1) is 12.7. The molecule has 1 aliphatic rings. The highest BCUT2D eigenvalue weighted by Gasteiger charge is 2.23. The third-order valence-corrected chi connectivity index (χ3v) is 6.25. The predicted molar refractivity (Wildman–Crippen MR) is 103 cm³/mol. The summed E-state index contributed by atoms with van der Waals surface area (Å²) in [4.78, 5) is 23.0. The van der Waals surface area contributed by atoms with E-state index in [0.29, 0.717) is 17.5 Å². The van der Waals surface area contributed by atoms with Crippen molar-refractivity contribution in [2.45, 2.75) is 61.8 Å². The lowest BCUT2D eigenvalue weighted by Crippen LogP contribution is -2.43. The average molecular weight is 393 g/mol. The monoisotopic (exact) mass is 392 g/mol. The topological polar surface area (TPSA) is 76.8 Å².